The van der Waals surface area contributed by atoms with Gasteiger partial charge in [-0.15, -0.1) is 0 Å². The number of pyridine rings is 2. The third-order valence-corrected chi connectivity index (χ3v) is 14.3. The average Bonchev–Trinajstić information content (AvgIpc) is 2.99. The third-order valence-electron chi connectivity index (χ3n) is 9.76. The Bertz CT molecular complexity index is 1910. The molecule has 14 heteroatoms. The number of anilines is 3. The Morgan fingerprint density at radius 1 is 0.868 bits per heavy atom. The van der Waals surface area contributed by atoms with E-state index in [2.05, 4.69) is 54.5 Å². The lowest BCUT2D eigenvalue weighted by Gasteiger charge is -2.44. The second kappa shape index (κ2) is 14.5. The molecular formula is C39H54FN5O7Si. The summed E-state index contributed by atoms with van der Waals surface area (Å²) in [6, 6.07) is 3.19. The van der Waals surface area contributed by atoms with E-state index in [4.69, 9.17) is 18.6 Å². The van der Waals surface area contributed by atoms with Gasteiger partial charge >= 0.3 is 18.3 Å². The van der Waals surface area contributed by atoms with Gasteiger partial charge in [-0.05, 0) is 103 Å². The number of rotatable bonds is 6. The minimum Gasteiger partial charge on any atom is -0.446 e. The lowest BCUT2D eigenvalue weighted by Crippen LogP contribution is -2.49. The van der Waals surface area contributed by atoms with Crippen LogP contribution in [0.4, 0.5) is 36.0 Å². The molecule has 3 heterocycles. The quantitative estimate of drug-likeness (QED) is 0.186. The smallest absolute Gasteiger partial charge is 0.414 e. The number of amides is 3. The molecule has 53 heavy (non-hydrogen) atoms. The van der Waals surface area contributed by atoms with Gasteiger partial charge in [-0.2, -0.15) is 0 Å². The van der Waals surface area contributed by atoms with Crippen LogP contribution in [0, 0.1) is 12.7 Å². The molecular weight excluding hydrogens is 698 g/mol. The lowest BCUT2D eigenvalue weighted by molar-refractivity contribution is -0.0243. The highest BCUT2D eigenvalue weighted by molar-refractivity contribution is 6.74. The van der Waals surface area contributed by atoms with Crippen molar-refractivity contribution in [1.29, 1.82) is 0 Å². The van der Waals surface area contributed by atoms with Gasteiger partial charge in [0, 0.05) is 48.3 Å². The van der Waals surface area contributed by atoms with E-state index in [0.29, 0.717) is 60.1 Å². The number of hydrogen-bond acceptors (Lipinski definition) is 9. The number of hydrogen-bond donors (Lipinski definition) is 2. The molecule has 0 saturated heterocycles. The summed E-state index contributed by atoms with van der Waals surface area (Å²) in [7, 11) is -1.94. The second-order valence-electron chi connectivity index (χ2n) is 17.5. The van der Waals surface area contributed by atoms with Crippen molar-refractivity contribution in [2.75, 3.05) is 22.1 Å². The average molecular weight is 752 g/mol. The predicted molar refractivity (Wildman–Crippen MR) is 207 cm³/mol. The van der Waals surface area contributed by atoms with Gasteiger partial charge in [-0.3, -0.25) is 20.5 Å². The zero-order chi connectivity index (χ0) is 39.3. The van der Waals surface area contributed by atoms with Gasteiger partial charge < -0.3 is 18.6 Å². The summed E-state index contributed by atoms with van der Waals surface area (Å²) in [5.41, 5.74) is 0.708. The van der Waals surface area contributed by atoms with Crippen molar-refractivity contribution in [1.82, 2.24) is 9.97 Å². The molecule has 2 aliphatic rings. The maximum absolute atomic E-state index is 16.7. The van der Waals surface area contributed by atoms with Crippen LogP contribution >= 0.6 is 0 Å². The van der Waals surface area contributed by atoms with Crippen molar-refractivity contribution in [3.8, 4) is 11.1 Å². The maximum Gasteiger partial charge on any atom is 0.414 e. The first kappa shape index (κ1) is 39.9. The summed E-state index contributed by atoms with van der Waals surface area (Å²) in [5, 5.41) is 6.10. The maximum atomic E-state index is 16.7. The van der Waals surface area contributed by atoms with Gasteiger partial charge in [-0.25, -0.2) is 23.8 Å². The van der Waals surface area contributed by atoms with Crippen LogP contribution in [0.3, 0.4) is 0 Å². The molecule has 0 spiro atoms. The molecule has 1 saturated carbocycles. The molecule has 3 amide bonds. The number of nitrogens with one attached hydrogen (secondary N) is 2. The highest BCUT2D eigenvalue weighted by Gasteiger charge is 2.43. The number of aryl methyl sites for hydroxylation is 1. The van der Waals surface area contributed by atoms with Gasteiger partial charge in [0.15, 0.2) is 14.1 Å². The molecule has 0 atom stereocenters. The van der Waals surface area contributed by atoms with E-state index in [1.807, 2.05) is 0 Å². The van der Waals surface area contributed by atoms with Gasteiger partial charge in [0.2, 0.25) is 0 Å². The van der Waals surface area contributed by atoms with E-state index in [0.717, 1.165) is 0 Å². The first-order chi connectivity index (χ1) is 24.4. The fourth-order valence-corrected chi connectivity index (χ4v) is 7.50. The van der Waals surface area contributed by atoms with Crippen LogP contribution in [-0.2, 0) is 25.1 Å². The normalized spacial score (nSPS) is 17.8. The summed E-state index contributed by atoms with van der Waals surface area (Å²) in [6.07, 6.45) is 3.26. The number of nitrogens with zero attached hydrogens (tertiary/aromatic N) is 3. The van der Waals surface area contributed by atoms with Gasteiger partial charge in [0.25, 0.3) is 0 Å². The van der Waals surface area contributed by atoms with Crippen LogP contribution < -0.4 is 15.5 Å². The van der Waals surface area contributed by atoms with Crippen LogP contribution in [-0.4, -0.2) is 66.5 Å². The SMILES string of the molecule is Cc1c(-c2cc3cc(NC(=O)O[C@H]4C[C@@H](O[Si](C)(C)C(C)(C)C)C4)ncc3c(NC(=O)OC(C)(C)C)c2F)cnc2c1N(C(=O)OC(C)(C)C)CCC2. The van der Waals surface area contributed by atoms with E-state index < -0.39 is 43.6 Å². The summed E-state index contributed by atoms with van der Waals surface area (Å²) in [6.45, 7) is 23.7. The highest BCUT2D eigenvalue weighted by atomic mass is 28.4. The Labute approximate surface area is 312 Å². The van der Waals surface area contributed by atoms with Crippen LogP contribution in [0.15, 0.2) is 24.5 Å². The second-order valence-corrected chi connectivity index (χ2v) is 22.2. The molecule has 2 aromatic heterocycles. The number of benzene rings is 1. The molecule has 288 valence electrons. The fraction of sp³-hybridized carbons (Fsp3) is 0.564. The Morgan fingerprint density at radius 3 is 2.15 bits per heavy atom. The molecule has 1 aliphatic heterocycles. The lowest BCUT2D eigenvalue weighted by atomic mass is 9.92. The molecule has 0 bridgehead atoms. The zero-order valence-corrected chi connectivity index (χ0v) is 34.1. The van der Waals surface area contributed by atoms with E-state index in [-0.39, 0.29) is 39.7 Å². The first-order valence-corrected chi connectivity index (χ1v) is 21.1. The number of aromatic nitrogens is 2. The highest BCUT2D eigenvalue weighted by Crippen LogP contribution is 2.42. The Kier molecular flexibility index (Phi) is 10.9. The summed E-state index contributed by atoms with van der Waals surface area (Å²) in [4.78, 5) is 49.8. The van der Waals surface area contributed by atoms with E-state index in [1.165, 1.54) is 6.20 Å². The molecule has 0 unspecified atom stereocenters. The van der Waals surface area contributed by atoms with Gasteiger partial charge in [0.1, 0.15) is 23.1 Å². The van der Waals surface area contributed by atoms with Crippen LogP contribution in [0.2, 0.25) is 18.1 Å². The van der Waals surface area contributed by atoms with Crippen molar-refractivity contribution in [3.05, 3.63) is 41.6 Å². The standard InChI is InChI=1S/C39H54FN5O7Si/c1-22-27(20-41-29-14-13-15-45(33(22)29)36(48)51-38(5,6)7)26-16-23-17-30(42-21-28(23)32(31(26)40)44-35(47)50-37(2,3)4)43-34(46)49-24-18-25(19-24)52-53(11,12)39(8,9)10/h16-17,20-21,24-25H,13-15,18-19H2,1-12H3,(H,44,47)(H,42,43,46)/t24-,25+. The predicted octanol–water partition coefficient (Wildman–Crippen LogP) is 9.88. The molecule has 1 aliphatic carbocycles. The van der Waals surface area contributed by atoms with E-state index >= 15 is 4.39 Å². The molecule has 1 fully saturated rings. The minimum atomic E-state index is -1.94. The van der Waals surface area contributed by atoms with Crippen molar-refractivity contribution >= 4 is 54.6 Å². The van der Waals surface area contributed by atoms with Crippen LogP contribution in [0.5, 0.6) is 0 Å². The number of ether oxygens (including phenoxy) is 3. The summed E-state index contributed by atoms with van der Waals surface area (Å²) < 4.78 is 40.0. The topological polar surface area (TPSA) is 141 Å². The van der Waals surface area contributed by atoms with Crippen LogP contribution in [0.1, 0.15) is 92.8 Å². The molecule has 3 aromatic rings. The number of halogens is 1. The molecule has 2 N–H and O–H groups in total. The molecule has 5 rings (SSSR count). The third kappa shape index (κ3) is 9.26. The van der Waals surface area contributed by atoms with E-state index in [1.54, 1.807) is 71.7 Å². The number of carbonyl (C=O) groups is 3. The van der Waals surface area contributed by atoms with Gasteiger partial charge in [-0.1, -0.05) is 20.8 Å². The van der Waals surface area contributed by atoms with Crippen molar-refractivity contribution in [3.63, 3.8) is 0 Å². The largest absolute Gasteiger partial charge is 0.446 e. The van der Waals surface area contributed by atoms with Crippen molar-refractivity contribution in [2.24, 2.45) is 0 Å². The minimum absolute atomic E-state index is 0.0504. The Hall–Kier alpha value is -4.30. The fourth-order valence-electron chi connectivity index (χ4n) is 6.13. The Morgan fingerprint density at radius 2 is 1.53 bits per heavy atom. The van der Waals surface area contributed by atoms with Crippen LogP contribution in [0.25, 0.3) is 21.9 Å². The van der Waals surface area contributed by atoms with Crippen molar-refractivity contribution in [2.45, 2.75) is 136 Å². The first-order valence-electron chi connectivity index (χ1n) is 18.2. The molecule has 1 aromatic carbocycles. The molecule has 12 nitrogen and oxygen atoms in total. The van der Waals surface area contributed by atoms with Crippen molar-refractivity contribution < 1.29 is 37.4 Å². The summed E-state index contributed by atoms with van der Waals surface area (Å²) in [5.74, 6) is -0.567. The van der Waals surface area contributed by atoms with E-state index in [9.17, 15) is 14.4 Å². The Balaban J connectivity index is 1.47. The molecule has 0 radical (unpaired) electrons. The number of fused-ring (bicyclic) bond motifs is 2. The monoisotopic (exact) mass is 751 g/mol. The zero-order valence-electron chi connectivity index (χ0n) is 33.1. The number of carbonyl (C=O) groups excluding carboxylic acids is 3. The van der Waals surface area contributed by atoms with Gasteiger partial charge in [0.05, 0.1) is 23.2 Å². The summed E-state index contributed by atoms with van der Waals surface area (Å²) >= 11 is 0.